The normalized spacial score (nSPS) is 16.6. The zero-order valence-electron chi connectivity index (χ0n) is 19.4. The minimum Gasteiger partial charge on any atom is -0.480 e. The van der Waals surface area contributed by atoms with Gasteiger partial charge in [0, 0.05) is 30.7 Å². The average molecular weight is 452 g/mol. The molecule has 5 heteroatoms. The summed E-state index contributed by atoms with van der Waals surface area (Å²) in [5.74, 6) is -0.728. The summed E-state index contributed by atoms with van der Waals surface area (Å²) in [4.78, 5) is 23.3. The van der Waals surface area contributed by atoms with E-state index in [2.05, 4.69) is 54.3 Å². The van der Waals surface area contributed by atoms with E-state index in [4.69, 9.17) is 9.97 Å². The van der Waals surface area contributed by atoms with Crippen LogP contribution in [0.15, 0.2) is 73.1 Å². The van der Waals surface area contributed by atoms with E-state index in [1.165, 1.54) is 22.3 Å². The van der Waals surface area contributed by atoms with E-state index in [0.29, 0.717) is 19.4 Å². The molecule has 0 bridgehead atoms. The van der Waals surface area contributed by atoms with Gasteiger partial charge in [-0.15, -0.1) is 0 Å². The first kappa shape index (κ1) is 22.2. The Morgan fingerprint density at radius 1 is 0.971 bits per heavy atom. The standard InChI is InChI=1S/C29H29N3O2/c1-20-22(10-7-11-24(20)21-8-3-2-4-9-21)18-26-28-25(14-16-30-26)23(13-15-31-28)19-32-17-6-5-12-27(32)29(33)34/h2-4,7-11,13-16,27H,5-6,12,17-19H2,1H3,(H,33,34). The molecule has 1 aliphatic heterocycles. The summed E-state index contributed by atoms with van der Waals surface area (Å²) in [6.07, 6.45) is 7.10. The van der Waals surface area contributed by atoms with Gasteiger partial charge in [-0.05, 0) is 66.3 Å². The fraction of sp³-hybridized carbons (Fsp3) is 0.276. The van der Waals surface area contributed by atoms with Crippen LogP contribution < -0.4 is 0 Å². The van der Waals surface area contributed by atoms with Gasteiger partial charge in [0.15, 0.2) is 0 Å². The third-order valence-electron chi connectivity index (χ3n) is 6.99. The van der Waals surface area contributed by atoms with Gasteiger partial charge < -0.3 is 5.11 Å². The number of aromatic nitrogens is 2. The molecule has 1 fully saturated rings. The number of carbonyl (C=O) groups is 1. The lowest BCUT2D eigenvalue weighted by Crippen LogP contribution is -2.44. The highest BCUT2D eigenvalue weighted by Gasteiger charge is 2.28. The number of rotatable bonds is 6. The Bertz CT molecular complexity index is 1320. The maximum absolute atomic E-state index is 11.8. The quantitative estimate of drug-likeness (QED) is 0.411. The number of likely N-dealkylation sites (tertiary alicyclic amines) is 1. The van der Waals surface area contributed by atoms with E-state index in [-0.39, 0.29) is 0 Å². The zero-order valence-corrected chi connectivity index (χ0v) is 19.4. The van der Waals surface area contributed by atoms with Crippen molar-refractivity contribution in [2.75, 3.05) is 6.54 Å². The Morgan fingerprint density at radius 2 is 1.79 bits per heavy atom. The number of pyridine rings is 2. The third-order valence-corrected chi connectivity index (χ3v) is 6.99. The number of benzene rings is 2. The van der Waals surface area contributed by atoms with Gasteiger partial charge in [-0.2, -0.15) is 0 Å². The van der Waals surface area contributed by atoms with Crippen LogP contribution in [-0.2, 0) is 17.8 Å². The van der Waals surface area contributed by atoms with E-state index < -0.39 is 12.0 Å². The summed E-state index contributed by atoms with van der Waals surface area (Å²) in [5.41, 5.74) is 7.88. The third kappa shape index (κ3) is 4.44. The molecule has 3 heterocycles. The van der Waals surface area contributed by atoms with E-state index in [9.17, 15) is 9.90 Å². The van der Waals surface area contributed by atoms with E-state index in [1.54, 1.807) is 0 Å². The summed E-state index contributed by atoms with van der Waals surface area (Å²) in [5, 5.41) is 10.7. The van der Waals surface area contributed by atoms with Gasteiger partial charge in [-0.25, -0.2) is 0 Å². The van der Waals surface area contributed by atoms with Crippen LogP contribution in [0.5, 0.6) is 0 Å². The number of hydrogen-bond acceptors (Lipinski definition) is 4. The van der Waals surface area contributed by atoms with E-state index >= 15 is 0 Å². The molecule has 0 radical (unpaired) electrons. The predicted molar refractivity (Wildman–Crippen MR) is 135 cm³/mol. The lowest BCUT2D eigenvalue weighted by Gasteiger charge is -2.33. The van der Waals surface area contributed by atoms with Crippen LogP contribution in [0.1, 0.15) is 41.6 Å². The van der Waals surface area contributed by atoms with Gasteiger partial charge in [0.1, 0.15) is 6.04 Å². The molecule has 1 atom stereocenters. The maximum Gasteiger partial charge on any atom is 0.320 e. The van der Waals surface area contributed by atoms with Crippen LogP contribution in [0.2, 0.25) is 0 Å². The van der Waals surface area contributed by atoms with Crippen LogP contribution in [0.3, 0.4) is 0 Å². The summed E-state index contributed by atoms with van der Waals surface area (Å²) in [6, 6.07) is 20.5. The summed E-state index contributed by atoms with van der Waals surface area (Å²) >= 11 is 0. The topological polar surface area (TPSA) is 66.3 Å². The minimum absolute atomic E-state index is 0.415. The maximum atomic E-state index is 11.8. The highest BCUT2D eigenvalue weighted by Crippen LogP contribution is 2.29. The molecule has 0 spiro atoms. The molecular formula is C29H29N3O2. The van der Waals surface area contributed by atoms with Gasteiger partial charge in [-0.3, -0.25) is 19.7 Å². The Hall–Kier alpha value is -3.57. The second kappa shape index (κ2) is 9.74. The van der Waals surface area contributed by atoms with Crippen molar-refractivity contribution in [2.24, 2.45) is 0 Å². The van der Waals surface area contributed by atoms with Crippen LogP contribution >= 0.6 is 0 Å². The molecule has 1 unspecified atom stereocenters. The number of nitrogens with zero attached hydrogens (tertiary/aromatic N) is 3. The molecule has 4 aromatic rings. The Kier molecular flexibility index (Phi) is 6.37. The van der Waals surface area contributed by atoms with Crippen LogP contribution in [0.25, 0.3) is 22.0 Å². The molecule has 0 amide bonds. The molecule has 1 aliphatic rings. The second-order valence-corrected chi connectivity index (χ2v) is 9.08. The molecule has 1 N–H and O–H groups in total. The molecule has 5 rings (SSSR count). The SMILES string of the molecule is Cc1c(Cc2nccc3c(CN4CCCCC4C(=O)O)ccnc23)cccc1-c1ccccc1. The zero-order chi connectivity index (χ0) is 23.5. The smallest absolute Gasteiger partial charge is 0.320 e. The Balaban J connectivity index is 1.48. The van der Waals surface area contributed by atoms with Crippen molar-refractivity contribution in [1.29, 1.82) is 0 Å². The number of carboxylic acid groups (broad SMARTS) is 1. The molecule has 0 saturated carbocycles. The summed E-state index contributed by atoms with van der Waals surface area (Å²) in [7, 11) is 0. The molecule has 5 nitrogen and oxygen atoms in total. The molecule has 34 heavy (non-hydrogen) atoms. The molecule has 0 aliphatic carbocycles. The van der Waals surface area contributed by atoms with Crippen molar-refractivity contribution in [1.82, 2.24) is 14.9 Å². The van der Waals surface area contributed by atoms with Crippen molar-refractivity contribution >= 4 is 16.9 Å². The first-order valence-corrected chi connectivity index (χ1v) is 11.9. The van der Waals surface area contributed by atoms with Crippen molar-refractivity contribution < 1.29 is 9.90 Å². The van der Waals surface area contributed by atoms with Crippen molar-refractivity contribution in [3.8, 4) is 11.1 Å². The monoisotopic (exact) mass is 451 g/mol. The lowest BCUT2D eigenvalue weighted by molar-refractivity contribution is -0.144. The van der Waals surface area contributed by atoms with Gasteiger partial charge >= 0.3 is 5.97 Å². The Labute approximate surface area is 200 Å². The van der Waals surface area contributed by atoms with Crippen LogP contribution in [-0.4, -0.2) is 38.5 Å². The van der Waals surface area contributed by atoms with Crippen molar-refractivity contribution in [2.45, 2.75) is 45.2 Å². The fourth-order valence-electron chi connectivity index (χ4n) is 5.12. The molecule has 2 aromatic carbocycles. The summed E-state index contributed by atoms with van der Waals surface area (Å²) < 4.78 is 0. The van der Waals surface area contributed by atoms with Gasteiger partial charge in [-0.1, -0.05) is 55.0 Å². The number of hydrogen-bond donors (Lipinski definition) is 1. The van der Waals surface area contributed by atoms with Crippen LogP contribution in [0, 0.1) is 6.92 Å². The number of aliphatic carboxylic acids is 1. The second-order valence-electron chi connectivity index (χ2n) is 9.08. The largest absolute Gasteiger partial charge is 0.480 e. The fourth-order valence-corrected chi connectivity index (χ4v) is 5.12. The van der Waals surface area contributed by atoms with Crippen LogP contribution in [0.4, 0.5) is 0 Å². The highest BCUT2D eigenvalue weighted by molar-refractivity contribution is 5.84. The molecule has 2 aromatic heterocycles. The number of piperidine rings is 1. The molecule has 172 valence electrons. The predicted octanol–water partition coefficient (Wildman–Crippen LogP) is 5.64. The summed E-state index contributed by atoms with van der Waals surface area (Å²) in [6.45, 7) is 3.59. The molecular weight excluding hydrogens is 422 g/mol. The van der Waals surface area contributed by atoms with Crippen molar-refractivity contribution in [3.05, 3.63) is 95.4 Å². The Morgan fingerprint density at radius 3 is 2.62 bits per heavy atom. The lowest BCUT2D eigenvalue weighted by atomic mass is 9.93. The first-order valence-electron chi connectivity index (χ1n) is 11.9. The first-order chi connectivity index (χ1) is 16.6. The van der Waals surface area contributed by atoms with E-state index in [0.717, 1.165) is 41.5 Å². The minimum atomic E-state index is -0.728. The van der Waals surface area contributed by atoms with E-state index in [1.807, 2.05) is 30.6 Å². The number of fused-ring (bicyclic) bond motifs is 1. The van der Waals surface area contributed by atoms with Crippen molar-refractivity contribution in [3.63, 3.8) is 0 Å². The van der Waals surface area contributed by atoms with Gasteiger partial charge in [0.25, 0.3) is 0 Å². The van der Waals surface area contributed by atoms with Gasteiger partial charge in [0.05, 0.1) is 11.2 Å². The highest BCUT2D eigenvalue weighted by atomic mass is 16.4. The molecule has 1 saturated heterocycles. The number of carboxylic acids is 1. The average Bonchev–Trinajstić information content (AvgIpc) is 2.86. The van der Waals surface area contributed by atoms with Gasteiger partial charge in [0.2, 0.25) is 0 Å².